The summed E-state index contributed by atoms with van der Waals surface area (Å²) in [7, 11) is 2.22. The summed E-state index contributed by atoms with van der Waals surface area (Å²) in [5.74, 6) is 0.607. The van der Waals surface area contributed by atoms with Crippen molar-refractivity contribution in [1.29, 1.82) is 0 Å². The van der Waals surface area contributed by atoms with E-state index in [1.54, 1.807) is 12.5 Å². The zero-order valence-electron chi connectivity index (χ0n) is 18.1. The highest BCUT2D eigenvalue weighted by Gasteiger charge is 2.39. The first-order valence-electron chi connectivity index (χ1n) is 11.2. The van der Waals surface area contributed by atoms with Gasteiger partial charge in [-0.2, -0.15) is 0 Å². The zero-order valence-corrected chi connectivity index (χ0v) is 19.7. The largest absolute Gasteiger partial charge is 0.474 e. The summed E-state index contributed by atoms with van der Waals surface area (Å²) in [4.78, 5) is 25.7. The molecule has 0 spiro atoms. The first-order valence-corrected chi connectivity index (χ1v) is 12.4. The van der Waals surface area contributed by atoms with Crippen molar-refractivity contribution in [2.24, 2.45) is 0 Å². The van der Waals surface area contributed by atoms with E-state index in [9.17, 15) is 4.79 Å². The summed E-state index contributed by atoms with van der Waals surface area (Å²) >= 11 is 7.44. The van der Waals surface area contributed by atoms with Gasteiger partial charge in [-0.1, -0.05) is 23.7 Å². The van der Waals surface area contributed by atoms with E-state index in [1.807, 2.05) is 42.5 Å². The Hall–Kier alpha value is -2.74. The molecule has 0 amide bonds. The van der Waals surface area contributed by atoms with E-state index < -0.39 is 0 Å². The molecule has 0 N–H and O–H groups in total. The Bertz CT molecular complexity index is 1350. The number of piperidine rings is 1. The van der Waals surface area contributed by atoms with Gasteiger partial charge in [-0.25, -0.2) is 9.97 Å². The molecule has 2 fully saturated rings. The third kappa shape index (κ3) is 3.84. The molecule has 2 saturated heterocycles. The lowest BCUT2D eigenvalue weighted by molar-refractivity contribution is 0.0633. The number of rotatable bonds is 4. The molecule has 5 heterocycles. The summed E-state index contributed by atoms with van der Waals surface area (Å²) < 4.78 is 8.34. The molecule has 2 aliphatic rings. The van der Waals surface area contributed by atoms with Crippen LogP contribution in [-0.2, 0) is 0 Å². The van der Waals surface area contributed by atoms with Crippen molar-refractivity contribution >= 4 is 33.2 Å². The van der Waals surface area contributed by atoms with E-state index in [1.165, 1.54) is 28.7 Å². The smallest absolute Gasteiger partial charge is 0.275 e. The molecule has 2 bridgehead atoms. The first kappa shape index (κ1) is 20.8. The summed E-state index contributed by atoms with van der Waals surface area (Å²) in [5.41, 5.74) is 2.27. The average Bonchev–Trinajstić information content (AvgIpc) is 3.33. The Kier molecular flexibility index (Phi) is 5.20. The standard InChI is InChI=1S/C25H23ClN4O2S/c1-29-17-6-7-18(29)11-20(10-17)32-23-9-8-19(13-27-23)30-14-28-21-12-22(33-24(21)25(30)31)15-2-4-16(26)5-3-15/h2-5,8-9,12-14,17-18,20H,6-7,10-11H2,1H3/t17-,18+,20+. The van der Waals surface area contributed by atoms with Crippen LogP contribution in [0, 0.1) is 0 Å². The lowest BCUT2D eigenvalue weighted by Gasteiger charge is -2.36. The molecule has 3 atom stereocenters. The molecule has 33 heavy (non-hydrogen) atoms. The number of thiophene rings is 1. The number of halogens is 1. The van der Waals surface area contributed by atoms with Crippen molar-refractivity contribution in [1.82, 2.24) is 19.4 Å². The highest BCUT2D eigenvalue weighted by atomic mass is 35.5. The highest BCUT2D eigenvalue weighted by molar-refractivity contribution is 7.22. The van der Waals surface area contributed by atoms with Gasteiger partial charge in [0.1, 0.15) is 17.1 Å². The maximum Gasteiger partial charge on any atom is 0.275 e. The third-order valence-electron chi connectivity index (χ3n) is 6.91. The van der Waals surface area contributed by atoms with Crippen LogP contribution < -0.4 is 10.3 Å². The molecule has 8 heteroatoms. The van der Waals surface area contributed by atoms with Crippen LogP contribution in [0.25, 0.3) is 26.3 Å². The fourth-order valence-electron chi connectivity index (χ4n) is 5.07. The van der Waals surface area contributed by atoms with Gasteiger partial charge in [-0.15, -0.1) is 11.3 Å². The fraction of sp³-hybridized carbons (Fsp3) is 0.320. The number of ether oxygens (including phenoxy) is 1. The summed E-state index contributed by atoms with van der Waals surface area (Å²) in [5, 5.41) is 0.684. The van der Waals surface area contributed by atoms with Gasteiger partial charge >= 0.3 is 0 Å². The lowest BCUT2D eigenvalue weighted by atomic mass is 10.0. The number of aromatic nitrogens is 3. The molecule has 2 aliphatic heterocycles. The van der Waals surface area contributed by atoms with Crippen molar-refractivity contribution in [3.05, 3.63) is 70.4 Å². The van der Waals surface area contributed by atoms with Gasteiger partial charge in [0.25, 0.3) is 5.56 Å². The van der Waals surface area contributed by atoms with E-state index in [-0.39, 0.29) is 11.7 Å². The van der Waals surface area contributed by atoms with Crippen LogP contribution in [0.15, 0.2) is 59.8 Å². The van der Waals surface area contributed by atoms with E-state index >= 15 is 0 Å². The molecular weight excluding hydrogens is 456 g/mol. The van der Waals surface area contributed by atoms with Crippen molar-refractivity contribution in [2.75, 3.05) is 7.05 Å². The molecule has 0 radical (unpaired) electrons. The van der Waals surface area contributed by atoms with Gasteiger partial charge in [-0.05, 0) is 62.6 Å². The Morgan fingerprint density at radius 3 is 2.52 bits per heavy atom. The van der Waals surface area contributed by atoms with Crippen LogP contribution >= 0.6 is 22.9 Å². The fourth-order valence-corrected chi connectivity index (χ4v) is 6.24. The van der Waals surface area contributed by atoms with Crippen LogP contribution in [-0.4, -0.2) is 44.7 Å². The summed E-state index contributed by atoms with van der Waals surface area (Å²) in [6.07, 6.45) is 8.06. The number of nitrogens with zero attached hydrogens (tertiary/aromatic N) is 4. The molecule has 0 aliphatic carbocycles. The van der Waals surface area contributed by atoms with Gasteiger partial charge < -0.3 is 9.64 Å². The minimum Gasteiger partial charge on any atom is -0.474 e. The second kappa shape index (κ2) is 8.24. The summed E-state index contributed by atoms with van der Waals surface area (Å²) in [6, 6.07) is 14.5. The van der Waals surface area contributed by atoms with Crippen LogP contribution in [0.1, 0.15) is 25.7 Å². The predicted octanol–water partition coefficient (Wildman–Crippen LogP) is 5.17. The lowest BCUT2D eigenvalue weighted by Crippen LogP contribution is -2.43. The molecule has 0 unspecified atom stereocenters. The molecule has 168 valence electrons. The van der Waals surface area contributed by atoms with Crippen LogP contribution in [0.3, 0.4) is 0 Å². The Labute approximate surface area is 200 Å². The number of fused-ring (bicyclic) bond motifs is 3. The Morgan fingerprint density at radius 1 is 1.06 bits per heavy atom. The van der Waals surface area contributed by atoms with Crippen molar-refractivity contribution in [2.45, 2.75) is 43.9 Å². The van der Waals surface area contributed by atoms with E-state index in [4.69, 9.17) is 16.3 Å². The predicted molar refractivity (Wildman–Crippen MR) is 132 cm³/mol. The molecule has 6 nitrogen and oxygen atoms in total. The van der Waals surface area contributed by atoms with Crippen LogP contribution in [0.5, 0.6) is 5.88 Å². The first-order chi connectivity index (χ1) is 16.0. The molecule has 3 aromatic heterocycles. The number of benzene rings is 1. The quantitative estimate of drug-likeness (QED) is 0.405. The van der Waals surface area contributed by atoms with Gasteiger partial charge in [0.15, 0.2) is 0 Å². The van der Waals surface area contributed by atoms with Gasteiger partial charge in [0.2, 0.25) is 5.88 Å². The molecular formula is C25H23ClN4O2S. The highest BCUT2D eigenvalue weighted by Crippen LogP contribution is 2.36. The Morgan fingerprint density at radius 2 is 1.82 bits per heavy atom. The average molecular weight is 479 g/mol. The second-order valence-corrected chi connectivity index (χ2v) is 10.4. The topological polar surface area (TPSA) is 60.2 Å². The molecule has 4 aromatic rings. The van der Waals surface area contributed by atoms with Gasteiger partial charge in [0.05, 0.1) is 17.4 Å². The minimum atomic E-state index is -0.104. The SMILES string of the molecule is CN1[C@@H]2CC[C@H]1C[C@@H](Oc1ccc(-n3cnc4cc(-c5ccc(Cl)cc5)sc4c3=O)cn1)C2. The van der Waals surface area contributed by atoms with Crippen LogP contribution in [0.2, 0.25) is 5.02 Å². The summed E-state index contributed by atoms with van der Waals surface area (Å²) in [6.45, 7) is 0. The molecule has 0 saturated carbocycles. The maximum atomic E-state index is 13.2. The minimum absolute atomic E-state index is 0.104. The second-order valence-electron chi connectivity index (χ2n) is 8.87. The third-order valence-corrected chi connectivity index (χ3v) is 8.32. The van der Waals surface area contributed by atoms with Crippen molar-refractivity contribution < 1.29 is 4.74 Å². The van der Waals surface area contributed by atoms with Crippen LogP contribution in [0.4, 0.5) is 0 Å². The van der Waals surface area contributed by atoms with E-state index in [0.29, 0.717) is 38.9 Å². The monoisotopic (exact) mass is 478 g/mol. The number of hydrogen-bond acceptors (Lipinski definition) is 6. The van der Waals surface area contributed by atoms with E-state index in [0.717, 1.165) is 23.3 Å². The van der Waals surface area contributed by atoms with Gasteiger partial charge in [-0.3, -0.25) is 9.36 Å². The molecule has 6 rings (SSSR count). The zero-order chi connectivity index (χ0) is 22.5. The number of hydrogen-bond donors (Lipinski definition) is 0. The molecule has 1 aromatic carbocycles. The van der Waals surface area contributed by atoms with Crippen molar-refractivity contribution in [3.8, 4) is 22.0 Å². The van der Waals surface area contributed by atoms with E-state index in [2.05, 4.69) is 21.9 Å². The Balaban J connectivity index is 1.24. The van der Waals surface area contributed by atoms with Crippen molar-refractivity contribution in [3.63, 3.8) is 0 Å². The van der Waals surface area contributed by atoms with Gasteiger partial charge in [0, 0.05) is 28.0 Å². The maximum absolute atomic E-state index is 13.2. The number of pyridine rings is 1. The normalized spacial score (nSPS) is 22.7.